The lowest BCUT2D eigenvalue weighted by Crippen LogP contribution is -2.44. The lowest BCUT2D eigenvalue weighted by molar-refractivity contribution is -0.159. The molecule has 0 aliphatic carbocycles. The number of hydrogen-bond acceptors (Lipinski definition) is 4. The van der Waals surface area contributed by atoms with Gasteiger partial charge in [-0.25, -0.2) is 4.79 Å². The van der Waals surface area contributed by atoms with Gasteiger partial charge in [0.2, 0.25) is 6.10 Å². The molecule has 0 radical (unpaired) electrons. The summed E-state index contributed by atoms with van der Waals surface area (Å²) in [6.07, 6.45) is -3.12. The number of carbonyl (C=O) groups is 2. The molecule has 30 heavy (non-hydrogen) atoms. The van der Waals surface area contributed by atoms with Gasteiger partial charge in [0.25, 0.3) is 5.91 Å². The molecule has 158 valence electrons. The van der Waals surface area contributed by atoms with Gasteiger partial charge in [0.15, 0.2) is 0 Å². The van der Waals surface area contributed by atoms with E-state index in [4.69, 9.17) is 9.47 Å². The molecule has 8 heteroatoms. The fourth-order valence-electron chi connectivity index (χ4n) is 2.94. The monoisotopic (exact) mass is 419 g/mol. The van der Waals surface area contributed by atoms with E-state index in [9.17, 15) is 22.8 Å². The molecule has 2 aromatic rings. The van der Waals surface area contributed by atoms with Gasteiger partial charge in [-0.15, -0.1) is 0 Å². The second-order valence-electron chi connectivity index (χ2n) is 6.62. The maximum Gasteiger partial charge on any atom is 0.416 e. The van der Waals surface area contributed by atoms with Crippen LogP contribution < -0.4 is 0 Å². The molecule has 1 amide bonds. The summed E-state index contributed by atoms with van der Waals surface area (Å²) in [6, 6.07) is 13.0. The van der Waals surface area contributed by atoms with Crippen LogP contribution >= 0.6 is 0 Å². The first kappa shape index (κ1) is 21.6. The van der Waals surface area contributed by atoms with Crippen molar-refractivity contribution in [1.82, 2.24) is 4.90 Å². The molecule has 1 aliphatic rings. The Morgan fingerprint density at radius 3 is 2.23 bits per heavy atom. The van der Waals surface area contributed by atoms with Crippen LogP contribution in [0.3, 0.4) is 0 Å². The molecule has 1 aliphatic heterocycles. The number of nitrogens with zero attached hydrogens (tertiary/aromatic N) is 1. The molecule has 1 atom stereocenters. The normalized spacial score (nSPS) is 15.8. The highest BCUT2D eigenvalue weighted by molar-refractivity contribution is 5.91. The van der Waals surface area contributed by atoms with Gasteiger partial charge in [-0.2, -0.15) is 13.2 Å². The summed E-state index contributed by atoms with van der Waals surface area (Å²) in [5.41, 5.74) is 0.156. The highest BCUT2D eigenvalue weighted by Gasteiger charge is 2.31. The standard InChI is InChI=1S/C22H20F3NO4/c23-22(24,25)18-9-6-16(7-10-18)8-11-19(27)30-20(17-4-2-1-3-5-17)21(28)26-12-14-29-15-13-26/h1-11,20H,12-15H2/b11-8+/t20-/m1/s1. The van der Waals surface area contributed by atoms with E-state index < -0.39 is 23.8 Å². The Morgan fingerprint density at radius 2 is 1.63 bits per heavy atom. The van der Waals surface area contributed by atoms with E-state index in [-0.39, 0.29) is 5.91 Å². The van der Waals surface area contributed by atoms with Crippen molar-refractivity contribution in [2.75, 3.05) is 26.3 Å². The maximum atomic E-state index is 12.9. The summed E-state index contributed by atoms with van der Waals surface area (Å²) in [6.45, 7) is 1.63. The molecule has 0 unspecified atom stereocenters. The molecule has 0 aromatic heterocycles. The van der Waals surface area contributed by atoms with Gasteiger partial charge in [0.05, 0.1) is 18.8 Å². The van der Waals surface area contributed by atoms with Crippen molar-refractivity contribution in [3.63, 3.8) is 0 Å². The Labute approximate surface area is 171 Å². The van der Waals surface area contributed by atoms with Crippen LogP contribution in [0, 0.1) is 0 Å². The van der Waals surface area contributed by atoms with E-state index in [0.717, 1.165) is 18.2 Å². The van der Waals surface area contributed by atoms with E-state index in [1.807, 2.05) is 0 Å². The van der Waals surface area contributed by atoms with Gasteiger partial charge in [-0.05, 0) is 23.8 Å². The molecule has 3 rings (SSSR count). The number of ether oxygens (including phenoxy) is 2. The molecule has 5 nitrogen and oxygen atoms in total. The first-order valence-corrected chi connectivity index (χ1v) is 9.32. The quantitative estimate of drug-likeness (QED) is 0.546. The van der Waals surface area contributed by atoms with E-state index in [0.29, 0.717) is 37.4 Å². The number of benzene rings is 2. The smallest absolute Gasteiger partial charge is 0.416 e. The lowest BCUT2D eigenvalue weighted by Gasteiger charge is -2.30. The average Bonchev–Trinajstić information content (AvgIpc) is 2.76. The summed E-state index contributed by atoms with van der Waals surface area (Å²) >= 11 is 0. The third-order valence-corrected chi connectivity index (χ3v) is 4.53. The minimum absolute atomic E-state index is 0.346. The Hall–Kier alpha value is -3.13. The van der Waals surface area contributed by atoms with Crippen molar-refractivity contribution in [3.05, 3.63) is 77.4 Å². The van der Waals surface area contributed by atoms with Crippen LogP contribution in [0.1, 0.15) is 22.8 Å². The number of esters is 1. The predicted molar refractivity (Wildman–Crippen MR) is 103 cm³/mol. The topological polar surface area (TPSA) is 55.8 Å². The minimum atomic E-state index is -4.43. The van der Waals surface area contributed by atoms with Gasteiger partial charge < -0.3 is 14.4 Å². The van der Waals surface area contributed by atoms with Crippen LogP contribution in [0.15, 0.2) is 60.7 Å². The molecule has 0 N–H and O–H groups in total. The molecule has 0 saturated carbocycles. The van der Waals surface area contributed by atoms with E-state index in [1.165, 1.54) is 18.2 Å². The van der Waals surface area contributed by atoms with Gasteiger partial charge in [-0.1, -0.05) is 42.5 Å². The summed E-state index contributed by atoms with van der Waals surface area (Å²) in [7, 11) is 0. The molecule has 0 spiro atoms. The van der Waals surface area contributed by atoms with Crippen LogP contribution in [0.5, 0.6) is 0 Å². The number of amides is 1. The average molecular weight is 419 g/mol. The number of morpholine rings is 1. The molecule has 0 bridgehead atoms. The van der Waals surface area contributed by atoms with Crippen LogP contribution in [0.4, 0.5) is 13.2 Å². The fraction of sp³-hybridized carbons (Fsp3) is 0.273. The maximum absolute atomic E-state index is 12.9. The Balaban J connectivity index is 1.71. The second kappa shape index (κ2) is 9.58. The van der Waals surface area contributed by atoms with E-state index in [2.05, 4.69) is 0 Å². The first-order chi connectivity index (χ1) is 14.3. The zero-order chi connectivity index (χ0) is 21.6. The number of halogens is 3. The highest BCUT2D eigenvalue weighted by atomic mass is 19.4. The summed E-state index contributed by atoms with van der Waals surface area (Å²) in [5, 5.41) is 0. The summed E-state index contributed by atoms with van der Waals surface area (Å²) < 4.78 is 48.6. The van der Waals surface area contributed by atoms with Crippen molar-refractivity contribution >= 4 is 18.0 Å². The largest absolute Gasteiger partial charge is 0.444 e. The lowest BCUT2D eigenvalue weighted by atomic mass is 10.1. The SMILES string of the molecule is O=C(/C=C/c1ccc(C(F)(F)F)cc1)O[C@@H](C(=O)N1CCOCC1)c1ccccc1. The second-order valence-corrected chi connectivity index (χ2v) is 6.62. The Bertz CT molecular complexity index is 889. The van der Waals surface area contributed by atoms with Crippen molar-refractivity contribution in [2.45, 2.75) is 12.3 Å². The zero-order valence-electron chi connectivity index (χ0n) is 16.0. The Kier molecular flexibility index (Phi) is 6.89. The summed E-state index contributed by atoms with van der Waals surface area (Å²) in [4.78, 5) is 26.8. The number of hydrogen-bond donors (Lipinski definition) is 0. The van der Waals surface area contributed by atoms with E-state index in [1.54, 1.807) is 35.2 Å². The third-order valence-electron chi connectivity index (χ3n) is 4.53. The Morgan fingerprint density at radius 1 is 1.00 bits per heavy atom. The van der Waals surface area contributed by atoms with Crippen molar-refractivity contribution in [3.8, 4) is 0 Å². The zero-order valence-corrected chi connectivity index (χ0v) is 16.0. The fourth-order valence-corrected chi connectivity index (χ4v) is 2.94. The number of carbonyl (C=O) groups excluding carboxylic acids is 2. The predicted octanol–water partition coefficient (Wildman–Crippen LogP) is 3.86. The number of rotatable bonds is 5. The van der Waals surface area contributed by atoms with Crippen molar-refractivity contribution in [1.29, 1.82) is 0 Å². The number of alkyl halides is 3. The van der Waals surface area contributed by atoms with Crippen LogP contribution in [0.25, 0.3) is 6.08 Å². The first-order valence-electron chi connectivity index (χ1n) is 9.32. The van der Waals surface area contributed by atoms with Gasteiger partial charge in [0.1, 0.15) is 0 Å². The van der Waals surface area contributed by atoms with Crippen LogP contribution in [0.2, 0.25) is 0 Å². The molecular weight excluding hydrogens is 399 g/mol. The van der Waals surface area contributed by atoms with Crippen molar-refractivity contribution < 1.29 is 32.2 Å². The molecule has 2 aromatic carbocycles. The van der Waals surface area contributed by atoms with Gasteiger partial charge >= 0.3 is 12.1 Å². The molecular formula is C22H20F3NO4. The highest BCUT2D eigenvalue weighted by Crippen LogP contribution is 2.29. The molecule has 1 saturated heterocycles. The summed E-state index contributed by atoms with van der Waals surface area (Å²) in [5.74, 6) is -1.12. The van der Waals surface area contributed by atoms with Gasteiger partial charge in [-0.3, -0.25) is 4.79 Å². The minimum Gasteiger partial charge on any atom is -0.444 e. The van der Waals surface area contributed by atoms with E-state index >= 15 is 0 Å². The van der Waals surface area contributed by atoms with Crippen LogP contribution in [-0.2, 0) is 25.2 Å². The molecule has 1 heterocycles. The van der Waals surface area contributed by atoms with Gasteiger partial charge in [0, 0.05) is 24.7 Å². The third kappa shape index (κ3) is 5.70. The van der Waals surface area contributed by atoms with Crippen LogP contribution in [-0.4, -0.2) is 43.1 Å². The van der Waals surface area contributed by atoms with Crippen molar-refractivity contribution in [2.24, 2.45) is 0 Å². The molecule has 1 fully saturated rings.